The van der Waals surface area contributed by atoms with Gasteiger partial charge in [-0.25, -0.2) is 0 Å². The second-order valence-corrected chi connectivity index (χ2v) is 5.17. The first-order valence-electron chi connectivity index (χ1n) is 5.99. The lowest BCUT2D eigenvalue weighted by Crippen LogP contribution is -2.05. The zero-order valence-corrected chi connectivity index (χ0v) is 12.1. The van der Waals surface area contributed by atoms with Crippen LogP contribution in [0, 0.1) is 0 Å². The maximum atomic E-state index is 6.15. The highest BCUT2D eigenvalue weighted by atomic mass is 35.5. The lowest BCUT2D eigenvalue weighted by molar-refractivity contribution is 0.306. The van der Waals surface area contributed by atoms with E-state index in [0.29, 0.717) is 22.4 Å². The van der Waals surface area contributed by atoms with E-state index in [4.69, 9.17) is 33.7 Å². The number of halogens is 2. The molecule has 2 aromatic rings. The third kappa shape index (κ3) is 3.63. The van der Waals surface area contributed by atoms with E-state index >= 15 is 0 Å². The van der Waals surface area contributed by atoms with E-state index in [1.165, 1.54) is 0 Å². The van der Waals surface area contributed by atoms with Gasteiger partial charge in [-0.15, -0.1) is 0 Å². The summed E-state index contributed by atoms with van der Waals surface area (Å²) in [6.45, 7) is 2.30. The maximum Gasteiger partial charge on any atom is 0.121 e. The summed E-state index contributed by atoms with van der Waals surface area (Å²) in [5, 5.41) is 1.31. The Morgan fingerprint density at radius 1 is 1.11 bits per heavy atom. The molecule has 2 nitrogen and oxygen atoms in total. The van der Waals surface area contributed by atoms with Gasteiger partial charge in [0.1, 0.15) is 12.4 Å². The van der Waals surface area contributed by atoms with Gasteiger partial charge in [0.15, 0.2) is 0 Å². The Hall–Kier alpha value is -1.22. The molecule has 1 unspecified atom stereocenters. The largest absolute Gasteiger partial charge is 0.489 e. The summed E-state index contributed by atoms with van der Waals surface area (Å²) in [6.07, 6.45) is 0. The lowest BCUT2D eigenvalue weighted by Gasteiger charge is -2.11. The van der Waals surface area contributed by atoms with Gasteiger partial charge in [0.25, 0.3) is 0 Å². The topological polar surface area (TPSA) is 35.2 Å². The van der Waals surface area contributed by atoms with Crippen LogP contribution in [0.2, 0.25) is 10.0 Å². The van der Waals surface area contributed by atoms with Gasteiger partial charge in [0, 0.05) is 21.7 Å². The van der Waals surface area contributed by atoms with Crippen molar-refractivity contribution in [2.24, 2.45) is 5.73 Å². The van der Waals surface area contributed by atoms with Gasteiger partial charge in [0.05, 0.1) is 0 Å². The van der Waals surface area contributed by atoms with Crippen LogP contribution in [0.25, 0.3) is 0 Å². The Labute approximate surface area is 123 Å². The molecule has 0 saturated carbocycles. The smallest absolute Gasteiger partial charge is 0.121 e. The summed E-state index contributed by atoms with van der Waals surface area (Å²) in [7, 11) is 0. The normalized spacial score (nSPS) is 12.2. The predicted octanol–water partition coefficient (Wildman–Crippen LogP) is 4.59. The molecule has 0 amide bonds. The van der Waals surface area contributed by atoms with Crippen LogP contribution in [-0.4, -0.2) is 0 Å². The van der Waals surface area contributed by atoms with Gasteiger partial charge >= 0.3 is 0 Å². The third-order valence-electron chi connectivity index (χ3n) is 2.81. The van der Waals surface area contributed by atoms with E-state index in [1.807, 2.05) is 43.3 Å². The van der Waals surface area contributed by atoms with E-state index in [9.17, 15) is 0 Å². The maximum absolute atomic E-state index is 6.15. The highest BCUT2D eigenvalue weighted by Crippen LogP contribution is 2.27. The second-order valence-electron chi connectivity index (χ2n) is 4.35. The molecule has 100 valence electrons. The average Bonchev–Trinajstić information content (AvgIpc) is 2.37. The molecule has 0 fully saturated rings. The van der Waals surface area contributed by atoms with Crippen LogP contribution in [-0.2, 0) is 6.61 Å². The Bertz CT molecular complexity index is 570. The second kappa shape index (κ2) is 6.29. The third-order valence-corrected chi connectivity index (χ3v) is 3.51. The first-order chi connectivity index (χ1) is 9.08. The van der Waals surface area contributed by atoms with E-state index in [-0.39, 0.29) is 6.04 Å². The fraction of sp³-hybridized carbons (Fsp3) is 0.200. The summed E-state index contributed by atoms with van der Waals surface area (Å²) in [4.78, 5) is 0. The zero-order chi connectivity index (χ0) is 13.8. The monoisotopic (exact) mass is 295 g/mol. The first-order valence-corrected chi connectivity index (χ1v) is 6.74. The molecule has 2 N–H and O–H groups in total. The van der Waals surface area contributed by atoms with Crippen molar-refractivity contribution < 1.29 is 4.74 Å². The van der Waals surface area contributed by atoms with Crippen molar-refractivity contribution in [1.29, 1.82) is 0 Å². The van der Waals surface area contributed by atoms with E-state index in [1.54, 1.807) is 6.07 Å². The molecule has 0 aliphatic heterocycles. The minimum atomic E-state index is -0.0925. The van der Waals surface area contributed by atoms with Crippen molar-refractivity contribution in [2.45, 2.75) is 19.6 Å². The zero-order valence-electron chi connectivity index (χ0n) is 10.6. The molecule has 4 heteroatoms. The molecule has 2 rings (SSSR count). The first kappa shape index (κ1) is 14.2. The summed E-state index contributed by atoms with van der Waals surface area (Å²) < 4.78 is 5.68. The van der Waals surface area contributed by atoms with E-state index in [0.717, 1.165) is 11.1 Å². The minimum absolute atomic E-state index is 0.0925. The Morgan fingerprint density at radius 2 is 1.84 bits per heavy atom. The number of benzene rings is 2. The molecular weight excluding hydrogens is 281 g/mol. The number of rotatable bonds is 4. The molecule has 0 spiro atoms. The van der Waals surface area contributed by atoms with Gasteiger partial charge in [-0.3, -0.25) is 0 Å². The summed E-state index contributed by atoms with van der Waals surface area (Å²) >= 11 is 12.2. The fourth-order valence-corrected chi connectivity index (χ4v) is 2.28. The van der Waals surface area contributed by atoms with Crippen LogP contribution in [0.1, 0.15) is 24.1 Å². The average molecular weight is 296 g/mol. The molecule has 0 aliphatic carbocycles. The van der Waals surface area contributed by atoms with Gasteiger partial charge in [0.2, 0.25) is 0 Å². The van der Waals surface area contributed by atoms with Crippen LogP contribution in [0.5, 0.6) is 5.75 Å². The molecule has 0 aromatic heterocycles. The summed E-state index contributed by atoms with van der Waals surface area (Å²) in [5.74, 6) is 0.703. The molecule has 1 atom stereocenters. The van der Waals surface area contributed by atoms with Crippen LogP contribution >= 0.6 is 23.2 Å². The molecule has 0 heterocycles. The Kier molecular flexibility index (Phi) is 4.70. The van der Waals surface area contributed by atoms with Crippen molar-refractivity contribution in [3.8, 4) is 5.75 Å². The molecule has 19 heavy (non-hydrogen) atoms. The van der Waals surface area contributed by atoms with Crippen molar-refractivity contribution in [2.75, 3.05) is 0 Å². The predicted molar refractivity (Wildman–Crippen MR) is 79.8 cm³/mol. The van der Waals surface area contributed by atoms with Crippen LogP contribution in [0.3, 0.4) is 0 Å². The molecular formula is C15H15Cl2NO. The van der Waals surface area contributed by atoms with Gasteiger partial charge in [-0.2, -0.15) is 0 Å². The van der Waals surface area contributed by atoms with E-state index < -0.39 is 0 Å². The summed E-state index contributed by atoms with van der Waals surface area (Å²) in [5.41, 5.74) is 7.66. The van der Waals surface area contributed by atoms with Crippen LogP contribution in [0.15, 0.2) is 42.5 Å². The minimum Gasteiger partial charge on any atom is -0.489 e. The quantitative estimate of drug-likeness (QED) is 0.895. The highest BCUT2D eigenvalue weighted by Gasteiger charge is 2.07. The van der Waals surface area contributed by atoms with Gasteiger partial charge in [-0.1, -0.05) is 47.5 Å². The van der Waals surface area contributed by atoms with Crippen LogP contribution < -0.4 is 10.5 Å². The molecule has 0 aliphatic rings. The molecule has 2 aromatic carbocycles. The van der Waals surface area contributed by atoms with Crippen molar-refractivity contribution in [3.05, 3.63) is 63.6 Å². The van der Waals surface area contributed by atoms with Gasteiger partial charge in [-0.05, 0) is 30.7 Å². The number of hydrogen-bond donors (Lipinski definition) is 1. The SMILES string of the molecule is CC(N)c1ccc(OCc2ccccc2Cl)cc1Cl. The number of ether oxygens (including phenoxy) is 1. The van der Waals surface area contributed by atoms with Crippen LogP contribution in [0.4, 0.5) is 0 Å². The summed E-state index contributed by atoms with van der Waals surface area (Å²) in [6, 6.07) is 13.0. The van der Waals surface area contributed by atoms with E-state index in [2.05, 4.69) is 0 Å². The highest BCUT2D eigenvalue weighted by molar-refractivity contribution is 6.31. The van der Waals surface area contributed by atoms with Crippen molar-refractivity contribution in [3.63, 3.8) is 0 Å². The number of nitrogens with two attached hydrogens (primary N) is 1. The Balaban J connectivity index is 2.08. The van der Waals surface area contributed by atoms with Crippen molar-refractivity contribution >= 4 is 23.2 Å². The number of hydrogen-bond acceptors (Lipinski definition) is 2. The lowest BCUT2D eigenvalue weighted by atomic mass is 10.1. The van der Waals surface area contributed by atoms with Gasteiger partial charge < -0.3 is 10.5 Å². The van der Waals surface area contributed by atoms with Crippen molar-refractivity contribution in [1.82, 2.24) is 0 Å². The molecule has 0 bridgehead atoms. The Morgan fingerprint density at radius 3 is 2.47 bits per heavy atom. The molecule has 0 radical (unpaired) electrons. The standard InChI is InChI=1S/C15H15Cl2NO/c1-10(18)13-7-6-12(8-15(13)17)19-9-11-4-2-3-5-14(11)16/h2-8,10H,9,18H2,1H3. The fourth-order valence-electron chi connectivity index (χ4n) is 1.74. The molecule has 0 saturated heterocycles.